The number of carboxylic acids is 1. The largest absolute Gasteiger partial charge is 0.508 e. The fourth-order valence-electron chi connectivity index (χ4n) is 3.32. The molecule has 11 nitrogen and oxygen atoms in total. The number of imide groups is 1. The van der Waals surface area contributed by atoms with Crippen molar-refractivity contribution in [1.82, 2.24) is 10.2 Å². The predicted molar refractivity (Wildman–Crippen MR) is 121 cm³/mol. The normalized spacial score (nSPS) is 13.4. The maximum absolute atomic E-state index is 13.3. The Kier molecular flexibility index (Phi) is 9.68. The zero-order valence-electron chi connectivity index (χ0n) is 18.3. The molecule has 0 radical (unpaired) electrons. The van der Waals surface area contributed by atoms with Crippen molar-refractivity contribution in [3.05, 3.63) is 65.7 Å². The molecule has 0 heterocycles. The molecular weight excluding hydrogens is 444 g/mol. The molecule has 0 spiro atoms. The van der Waals surface area contributed by atoms with Gasteiger partial charge < -0.3 is 32.1 Å². The highest BCUT2D eigenvalue weighted by Gasteiger charge is 2.39. The van der Waals surface area contributed by atoms with E-state index in [9.17, 15) is 34.5 Å². The number of carbonyl (C=O) groups excluding carboxylic acids is 3. The number of hydrogen-bond donors (Lipinski definition) is 6. The summed E-state index contributed by atoms with van der Waals surface area (Å²) < 4.78 is 0. The Morgan fingerprint density at radius 3 is 2.09 bits per heavy atom. The number of aliphatic hydroxyl groups is 1. The minimum Gasteiger partial charge on any atom is -0.508 e. The van der Waals surface area contributed by atoms with Gasteiger partial charge in [0.05, 0.1) is 25.2 Å². The van der Waals surface area contributed by atoms with Crippen molar-refractivity contribution in [2.24, 2.45) is 11.5 Å². The molecular formula is C23H28N4O7. The molecule has 11 heteroatoms. The summed E-state index contributed by atoms with van der Waals surface area (Å²) in [4.78, 5) is 50.1. The number of hydrogen-bond acceptors (Lipinski definition) is 8. The highest BCUT2D eigenvalue weighted by molar-refractivity contribution is 6.00. The van der Waals surface area contributed by atoms with Gasteiger partial charge in [0, 0.05) is 0 Å². The molecule has 2 aromatic rings. The van der Waals surface area contributed by atoms with Crippen molar-refractivity contribution >= 4 is 23.7 Å². The van der Waals surface area contributed by atoms with Crippen molar-refractivity contribution in [2.75, 3.05) is 13.1 Å². The quantitative estimate of drug-likeness (QED) is 0.231. The van der Waals surface area contributed by atoms with E-state index in [2.05, 4.69) is 5.32 Å². The van der Waals surface area contributed by atoms with E-state index in [0.717, 1.165) is 0 Å². The highest BCUT2D eigenvalue weighted by Crippen LogP contribution is 2.17. The van der Waals surface area contributed by atoms with Gasteiger partial charge in [-0.25, -0.2) is 4.79 Å². The number of nitrogens with zero attached hydrogens (tertiary/aromatic N) is 1. The van der Waals surface area contributed by atoms with E-state index in [4.69, 9.17) is 11.5 Å². The first kappa shape index (κ1) is 26.5. The maximum Gasteiger partial charge on any atom is 0.334 e. The molecule has 0 aliphatic carbocycles. The van der Waals surface area contributed by atoms with Crippen LogP contribution in [-0.4, -0.2) is 75.2 Å². The molecule has 3 atom stereocenters. The monoisotopic (exact) mass is 472 g/mol. The molecule has 0 aliphatic rings. The van der Waals surface area contributed by atoms with Crippen LogP contribution in [0.1, 0.15) is 11.1 Å². The van der Waals surface area contributed by atoms with Gasteiger partial charge in [0.1, 0.15) is 5.75 Å². The van der Waals surface area contributed by atoms with Gasteiger partial charge in [-0.1, -0.05) is 42.5 Å². The van der Waals surface area contributed by atoms with Gasteiger partial charge in [0.2, 0.25) is 17.7 Å². The van der Waals surface area contributed by atoms with Crippen LogP contribution < -0.4 is 16.8 Å². The first-order chi connectivity index (χ1) is 16.1. The minimum absolute atomic E-state index is 0.0172. The van der Waals surface area contributed by atoms with Gasteiger partial charge in [0.25, 0.3) is 0 Å². The zero-order valence-corrected chi connectivity index (χ0v) is 18.3. The summed E-state index contributed by atoms with van der Waals surface area (Å²) in [5, 5.41) is 31.6. The number of aromatic hydroxyl groups is 1. The summed E-state index contributed by atoms with van der Waals surface area (Å²) >= 11 is 0. The Labute approximate surface area is 196 Å². The van der Waals surface area contributed by atoms with Gasteiger partial charge in [-0.3, -0.25) is 19.3 Å². The molecule has 0 bridgehead atoms. The van der Waals surface area contributed by atoms with Crippen LogP contribution >= 0.6 is 0 Å². The lowest BCUT2D eigenvalue weighted by Gasteiger charge is -2.34. The topological polar surface area (TPSA) is 196 Å². The van der Waals surface area contributed by atoms with Crippen LogP contribution in [0.2, 0.25) is 0 Å². The predicted octanol–water partition coefficient (Wildman–Crippen LogP) is -1.25. The summed E-state index contributed by atoms with van der Waals surface area (Å²) in [6, 6.07) is 11.5. The molecule has 0 aromatic heterocycles. The average Bonchev–Trinajstić information content (AvgIpc) is 2.83. The van der Waals surface area contributed by atoms with E-state index < -0.39 is 55.0 Å². The number of amides is 3. The maximum atomic E-state index is 13.3. The van der Waals surface area contributed by atoms with Gasteiger partial charge in [-0.2, -0.15) is 0 Å². The number of benzene rings is 2. The number of carboxylic acid groups (broad SMARTS) is 1. The van der Waals surface area contributed by atoms with Crippen LogP contribution in [0.4, 0.5) is 0 Å². The third kappa shape index (κ3) is 7.37. The fraction of sp³-hybridized carbons (Fsp3) is 0.304. The fourth-order valence-corrected chi connectivity index (χ4v) is 3.32. The van der Waals surface area contributed by atoms with Crippen LogP contribution in [0.5, 0.6) is 5.75 Å². The smallest absolute Gasteiger partial charge is 0.334 e. The average molecular weight is 472 g/mol. The second-order valence-corrected chi connectivity index (χ2v) is 7.60. The van der Waals surface area contributed by atoms with E-state index in [1.54, 1.807) is 42.5 Å². The third-order valence-corrected chi connectivity index (χ3v) is 5.07. The molecule has 2 rings (SSSR count). The molecule has 3 amide bonds. The van der Waals surface area contributed by atoms with Gasteiger partial charge in [0.15, 0.2) is 6.10 Å². The van der Waals surface area contributed by atoms with Crippen LogP contribution in [0.15, 0.2) is 54.6 Å². The first-order valence-electron chi connectivity index (χ1n) is 10.4. The van der Waals surface area contributed by atoms with Crippen molar-refractivity contribution in [2.45, 2.75) is 31.0 Å². The number of nitrogens with two attached hydrogens (primary N) is 2. The first-order valence-corrected chi connectivity index (χ1v) is 10.4. The van der Waals surface area contributed by atoms with Crippen LogP contribution in [0.25, 0.3) is 0 Å². The van der Waals surface area contributed by atoms with Crippen molar-refractivity contribution in [3.63, 3.8) is 0 Å². The molecule has 34 heavy (non-hydrogen) atoms. The Balaban J connectivity index is 2.39. The zero-order chi connectivity index (χ0) is 25.3. The second-order valence-electron chi connectivity index (χ2n) is 7.60. The van der Waals surface area contributed by atoms with E-state index in [0.29, 0.717) is 16.0 Å². The number of rotatable bonds is 11. The minimum atomic E-state index is -2.11. The SMILES string of the molecule is NCC(=O)NCC(=O)N(C(=O)[C@@H](N)Cc1ccc(O)cc1)[C@@H](Cc1ccccc1)[C@@H](O)C(=O)O. The van der Waals surface area contributed by atoms with E-state index in [1.807, 2.05) is 0 Å². The standard InChI is InChI=1S/C23H28N4O7/c24-12-19(29)26-13-20(30)27(22(32)17(25)10-15-6-8-16(28)9-7-15)18(21(31)23(33)34)11-14-4-2-1-3-5-14/h1-9,17-18,21,28,31H,10-13,24-25H2,(H,26,29)(H,33,34)/t17-,18-,21+/m0/s1. The molecule has 0 saturated carbocycles. The van der Waals surface area contributed by atoms with Crippen molar-refractivity contribution in [1.29, 1.82) is 0 Å². The van der Waals surface area contributed by atoms with Gasteiger partial charge in [-0.15, -0.1) is 0 Å². The molecule has 0 aliphatic heterocycles. The molecule has 8 N–H and O–H groups in total. The number of nitrogens with one attached hydrogen (secondary N) is 1. The number of phenols is 1. The van der Waals surface area contributed by atoms with Crippen molar-refractivity contribution < 1.29 is 34.5 Å². The number of aliphatic hydroxyl groups excluding tert-OH is 1. The molecule has 182 valence electrons. The molecule has 0 saturated heterocycles. The van der Waals surface area contributed by atoms with E-state index >= 15 is 0 Å². The number of phenolic OH excluding ortho intramolecular Hbond substituents is 1. The summed E-state index contributed by atoms with van der Waals surface area (Å²) in [7, 11) is 0. The Morgan fingerprint density at radius 1 is 0.941 bits per heavy atom. The molecule has 0 fully saturated rings. The van der Waals surface area contributed by atoms with Crippen LogP contribution in [-0.2, 0) is 32.0 Å². The molecule has 2 aromatic carbocycles. The van der Waals surface area contributed by atoms with Crippen LogP contribution in [0, 0.1) is 0 Å². The summed E-state index contributed by atoms with van der Waals surface area (Å²) in [5.74, 6) is -4.16. The summed E-state index contributed by atoms with van der Waals surface area (Å²) in [5.41, 5.74) is 12.5. The van der Waals surface area contributed by atoms with Crippen molar-refractivity contribution in [3.8, 4) is 5.75 Å². The van der Waals surface area contributed by atoms with E-state index in [-0.39, 0.29) is 18.6 Å². The third-order valence-electron chi connectivity index (χ3n) is 5.07. The lowest BCUT2D eigenvalue weighted by Crippen LogP contribution is -2.59. The Hall–Kier alpha value is -3.80. The van der Waals surface area contributed by atoms with E-state index in [1.165, 1.54) is 12.1 Å². The second kappa shape index (κ2) is 12.4. The number of carbonyl (C=O) groups is 4. The van der Waals surface area contributed by atoms with Gasteiger partial charge >= 0.3 is 5.97 Å². The van der Waals surface area contributed by atoms with Crippen LogP contribution in [0.3, 0.4) is 0 Å². The Bertz CT molecular complexity index is 998. The highest BCUT2D eigenvalue weighted by atomic mass is 16.4. The Morgan fingerprint density at radius 2 is 1.53 bits per heavy atom. The lowest BCUT2D eigenvalue weighted by molar-refractivity contribution is -0.158. The number of aliphatic carboxylic acids is 1. The van der Waals surface area contributed by atoms with Gasteiger partial charge in [-0.05, 0) is 36.1 Å². The summed E-state index contributed by atoms with van der Waals surface area (Å²) in [6.07, 6.45) is -2.30. The molecule has 0 unspecified atom stereocenters. The summed E-state index contributed by atoms with van der Waals surface area (Å²) in [6.45, 7) is -1.04. The lowest BCUT2D eigenvalue weighted by atomic mass is 9.97.